The van der Waals surface area contributed by atoms with E-state index in [0.29, 0.717) is 5.75 Å². The number of nitrogens with one attached hydrogen (secondary N) is 1. The Hall–Kier alpha value is -2.09. The average molecular weight is 424 g/mol. The molecule has 2 aromatic carbocycles. The Morgan fingerprint density at radius 2 is 2.04 bits per heavy atom. The normalized spacial score (nSPS) is 10.7. The van der Waals surface area contributed by atoms with Crippen molar-refractivity contribution in [3.8, 4) is 11.5 Å². The van der Waals surface area contributed by atoms with Crippen LogP contribution in [0.2, 0.25) is 0 Å². The molecule has 0 aliphatic carbocycles. The minimum absolute atomic E-state index is 0.104. The van der Waals surface area contributed by atoms with E-state index >= 15 is 0 Å². The first kappa shape index (κ1) is 17.3. The molecule has 1 amide bonds. The number of rotatable bonds is 5. The van der Waals surface area contributed by atoms with Crippen LogP contribution in [0.15, 0.2) is 41.5 Å². The summed E-state index contributed by atoms with van der Waals surface area (Å²) in [7, 11) is 0. The number of hydrogen-bond acceptors (Lipinski definition) is 4. The van der Waals surface area contributed by atoms with Gasteiger partial charge in [-0.1, -0.05) is 6.07 Å². The summed E-state index contributed by atoms with van der Waals surface area (Å²) >= 11 is 2.02. The van der Waals surface area contributed by atoms with Gasteiger partial charge in [-0.2, -0.15) is 5.10 Å². The number of hydrogen-bond donors (Lipinski definition) is 2. The lowest BCUT2D eigenvalue weighted by Crippen LogP contribution is -2.24. The Morgan fingerprint density at radius 1 is 1.26 bits per heavy atom. The summed E-state index contributed by atoms with van der Waals surface area (Å²) in [6, 6.07) is 10.7. The molecule has 0 heterocycles. The lowest BCUT2D eigenvalue weighted by molar-refractivity contribution is -0.123. The molecule has 0 aliphatic rings. The van der Waals surface area contributed by atoms with Crippen molar-refractivity contribution in [2.24, 2.45) is 5.10 Å². The minimum atomic E-state index is -0.340. The lowest BCUT2D eigenvalue weighted by Gasteiger charge is -2.07. The van der Waals surface area contributed by atoms with E-state index in [4.69, 9.17) is 4.74 Å². The molecule has 0 bridgehead atoms. The fourth-order valence-corrected chi connectivity index (χ4v) is 2.31. The Balaban J connectivity index is 1.83. The number of carbonyl (C=O) groups excluding carboxylic acids is 1. The highest BCUT2D eigenvalue weighted by molar-refractivity contribution is 14.1. The van der Waals surface area contributed by atoms with Gasteiger partial charge in [0.15, 0.2) is 6.61 Å². The summed E-state index contributed by atoms with van der Waals surface area (Å²) in [6.07, 6.45) is 1.51. The topological polar surface area (TPSA) is 70.9 Å². The number of ether oxygens (including phenoxy) is 1. The third-order valence-corrected chi connectivity index (χ3v) is 4.09. The van der Waals surface area contributed by atoms with Gasteiger partial charge >= 0.3 is 0 Å². The standard InChI is InChI=1S/C17H17IN2O3/c1-11-3-5-14(7-12(11)2)23-10-17(22)20-19-9-13-4-6-16(21)15(18)8-13/h3-9,21H,10H2,1-2H3,(H,20,22)/b19-9-. The molecule has 0 aliphatic heterocycles. The molecule has 0 spiro atoms. The quantitative estimate of drug-likeness (QED) is 0.440. The predicted molar refractivity (Wildman–Crippen MR) is 98.0 cm³/mol. The van der Waals surface area contributed by atoms with Crippen molar-refractivity contribution in [2.75, 3.05) is 6.61 Å². The molecule has 0 atom stereocenters. The van der Waals surface area contributed by atoms with Crippen LogP contribution in [-0.4, -0.2) is 23.8 Å². The highest BCUT2D eigenvalue weighted by Crippen LogP contribution is 2.19. The molecule has 2 aromatic rings. The van der Waals surface area contributed by atoms with Crippen LogP contribution in [0.4, 0.5) is 0 Å². The fourth-order valence-electron chi connectivity index (χ4n) is 1.77. The fraction of sp³-hybridized carbons (Fsp3) is 0.176. The summed E-state index contributed by atoms with van der Waals surface area (Å²) in [5.41, 5.74) is 5.47. The minimum Gasteiger partial charge on any atom is -0.507 e. The number of amides is 1. The van der Waals surface area contributed by atoms with Gasteiger partial charge in [0.2, 0.25) is 0 Å². The van der Waals surface area contributed by atoms with E-state index in [-0.39, 0.29) is 18.3 Å². The van der Waals surface area contributed by atoms with Crippen molar-refractivity contribution in [2.45, 2.75) is 13.8 Å². The molecule has 23 heavy (non-hydrogen) atoms. The molecule has 0 fully saturated rings. The van der Waals surface area contributed by atoms with E-state index in [0.717, 1.165) is 14.7 Å². The Morgan fingerprint density at radius 3 is 2.74 bits per heavy atom. The number of aromatic hydroxyl groups is 1. The molecular formula is C17H17IN2O3. The number of phenols is 1. The molecule has 0 saturated carbocycles. The first-order valence-electron chi connectivity index (χ1n) is 6.96. The number of benzene rings is 2. The van der Waals surface area contributed by atoms with Crippen molar-refractivity contribution in [3.05, 3.63) is 56.7 Å². The predicted octanol–water partition coefficient (Wildman–Crippen LogP) is 3.14. The van der Waals surface area contributed by atoms with Gasteiger partial charge in [-0.25, -0.2) is 5.43 Å². The first-order valence-corrected chi connectivity index (χ1v) is 8.04. The van der Waals surface area contributed by atoms with E-state index in [9.17, 15) is 9.90 Å². The van der Waals surface area contributed by atoms with E-state index in [1.807, 2.05) is 54.6 Å². The van der Waals surface area contributed by atoms with Crippen LogP contribution >= 0.6 is 22.6 Å². The number of nitrogens with zero attached hydrogens (tertiary/aromatic N) is 1. The highest BCUT2D eigenvalue weighted by Gasteiger charge is 2.03. The zero-order chi connectivity index (χ0) is 16.8. The number of aryl methyl sites for hydroxylation is 2. The van der Waals surface area contributed by atoms with Crippen LogP contribution in [-0.2, 0) is 4.79 Å². The Kier molecular flexibility index (Phi) is 5.97. The third-order valence-electron chi connectivity index (χ3n) is 3.22. The van der Waals surface area contributed by atoms with Gasteiger partial charge in [-0.15, -0.1) is 0 Å². The summed E-state index contributed by atoms with van der Waals surface area (Å²) in [5, 5.41) is 13.3. The molecular weight excluding hydrogens is 407 g/mol. The number of halogens is 1. The second-order valence-electron chi connectivity index (χ2n) is 5.04. The summed E-state index contributed by atoms with van der Waals surface area (Å²) in [4.78, 5) is 11.7. The maximum Gasteiger partial charge on any atom is 0.277 e. The van der Waals surface area contributed by atoms with Crippen molar-refractivity contribution in [3.63, 3.8) is 0 Å². The maximum absolute atomic E-state index is 11.7. The van der Waals surface area contributed by atoms with Crippen LogP contribution in [0.25, 0.3) is 0 Å². The van der Waals surface area contributed by atoms with Crippen molar-refractivity contribution in [1.29, 1.82) is 0 Å². The van der Waals surface area contributed by atoms with E-state index in [1.54, 1.807) is 18.2 Å². The van der Waals surface area contributed by atoms with Gasteiger partial charge in [-0.05, 0) is 83.5 Å². The summed E-state index contributed by atoms with van der Waals surface area (Å²) < 4.78 is 6.14. The van der Waals surface area contributed by atoms with Gasteiger partial charge in [0.05, 0.1) is 9.78 Å². The molecule has 0 aromatic heterocycles. The molecule has 120 valence electrons. The van der Waals surface area contributed by atoms with Gasteiger partial charge in [-0.3, -0.25) is 4.79 Å². The molecule has 6 heteroatoms. The van der Waals surface area contributed by atoms with Crippen LogP contribution in [0.3, 0.4) is 0 Å². The van der Waals surface area contributed by atoms with E-state index < -0.39 is 0 Å². The molecule has 0 saturated heterocycles. The third kappa shape index (κ3) is 5.24. The zero-order valence-corrected chi connectivity index (χ0v) is 15.0. The summed E-state index contributed by atoms with van der Waals surface area (Å²) in [6.45, 7) is 3.91. The maximum atomic E-state index is 11.7. The molecule has 0 unspecified atom stereocenters. The number of hydrazone groups is 1. The molecule has 0 radical (unpaired) electrons. The second kappa shape index (κ2) is 7.96. The van der Waals surface area contributed by atoms with Crippen molar-refractivity contribution < 1.29 is 14.6 Å². The average Bonchev–Trinajstić information content (AvgIpc) is 2.52. The highest BCUT2D eigenvalue weighted by atomic mass is 127. The summed E-state index contributed by atoms with van der Waals surface area (Å²) in [5.74, 6) is 0.529. The smallest absolute Gasteiger partial charge is 0.277 e. The van der Waals surface area contributed by atoms with Crippen molar-refractivity contribution >= 4 is 34.7 Å². The SMILES string of the molecule is Cc1ccc(OCC(=O)N/N=C\c2ccc(O)c(I)c2)cc1C. The number of carbonyl (C=O) groups is 1. The van der Waals surface area contributed by atoms with E-state index in [2.05, 4.69) is 10.5 Å². The molecule has 5 nitrogen and oxygen atoms in total. The van der Waals surface area contributed by atoms with Crippen LogP contribution < -0.4 is 10.2 Å². The van der Waals surface area contributed by atoms with E-state index in [1.165, 1.54) is 11.8 Å². The largest absolute Gasteiger partial charge is 0.507 e. The Labute approximate surface area is 148 Å². The van der Waals surface area contributed by atoms with Crippen LogP contribution in [0, 0.1) is 17.4 Å². The first-order chi connectivity index (χ1) is 11.0. The van der Waals surface area contributed by atoms with Crippen LogP contribution in [0.1, 0.15) is 16.7 Å². The Bertz CT molecular complexity index is 745. The molecule has 2 N–H and O–H groups in total. The second-order valence-corrected chi connectivity index (χ2v) is 6.20. The molecule has 2 rings (SSSR count). The van der Waals surface area contributed by atoms with Gasteiger partial charge in [0, 0.05) is 0 Å². The monoisotopic (exact) mass is 424 g/mol. The van der Waals surface area contributed by atoms with Crippen molar-refractivity contribution in [1.82, 2.24) is 5.43 Å². The lowest BCUT2D eigenvalue weighted by atomic mass is 10.1. The van der Waals surface area contributed by atoms with Gasteiger partial charge in [0.25, 0.3) is 5.91 Å². The van der Waals surface area contributed by atoms with Crippen LogP contribution in [0.5, 0.6) is 11.5 Å². The van der Waals surface area contributed by atoms with Gasteiger partial charge in [0.1, 0.15) is 11.5 Å². The zero-order valence-electron chi connectivity index (χ0n) is 12.8. The number of phenolic OH excluding ortho intramolecular Hbond substituents is 1. The van der Waals surface area contributed by atoms with Gasteiger partial charge < -0.3 is 9.84 Å².